The number of benzene rings is 1. The van der Waals surface area contributed by atoms with Gasteiger partial charge in [-0.2, -0.15) is 0 Å². The van der Waals surface area contributed by atoms with E-state index in [0.29, 0.717) is 12.2 Å². The van der Waals surface area contributed by atoms with Gasteiger partial charge in [0.1, 0.15) is 5.75 Å². The van der Waals surface area contributed by atoms with Gasteiger partial charge in [-0.15, -0.1) is 0 Å². The Kier molecular flexibility index (Phi) is 4.83. The van der Waals surface area contributed by atoms with E-state index < -0.39 is 0 Å². The van der Waals surface area contributed by atoms with Crippen LogP contribution in [0.1, 0.15) is 44.6 Å². The van der Waals surface area contributed by atoms with Gasteiger partial charge in [0.25, 0.3) is 5.69 Å². The third kappa shape index (κ3) is 3.94. The van der Waals surface area contributed by atoms with E-state index in [4.69, 9.17) is 10.5 Å². The minimum Gasteiger partial charge on any atom is -0.496 e. The SMILES string of the molecule is CCC1CCC(N)(Cc2cc(OC)cc([N+](=O)[O-])c2)CC1. The zero-order valence-electron chi connectivity index (χ0n) is 12.8. The highest BCUT2D eigenvalue weighted by Crippen LogP contribution is 2.35. The van der Waals surface area contributed by atoms with E-state index in [-0.39, 0.29) is 16.1 Å². The molecule has 0 spiro atoms. The van der Waals surface area contributed by atoms with Crippen LogP contribution >= 0.6 is 0 Å². The van der Waals surface area contributed by atoms with Gasteiger partial charge in [-0.05, 0) is 49.7 Å². The number of nitro groups is 1. The zero-order chi connectivity index (χ0) is 15.5. The Morgan fingerprint density at radius 3 is 2.57 bits per heavy atom. The average molecular weight is 292 g/mol. The summed E-state index contributed by atoms with van der Waals surface area (Å²) in [7, 11) is 1.52. The number of ether oxygens (including phenoxy) is 1. The molecule has 1 saturated carbocycles. The Bertz CT molecular complexity index is 508. The molecule has 0 amide bonds. The van der Waals surface area contributed by atoms with E-state index in [1.807, 2.05) is 6.07 Å². The normalized spacial score (nSPS) is 25.6. The molecule has 5 nitrogen and oxygen atoms in total. The van der Waals surface area contributed by atoms with Crippen LogP contribution in [0.3, 0.4) is 0 Å². The first-order valence-electron chi connectivity index (χ1n) is 7.57. The third-order valence-corrected chi connectivity index (χ3v) is 4.63. The second-order valence-corrected chi connectivity index (χ2v) is 6.19. The van der Waals surface area contributed by atoms with Crippen molar-refractivity contribution >= 4 is 5.69 Å². The van der Waals surface area contributed by atoms with E-state index >= 15 is 0 Å². The molecule has 2 N–H and O–H groups in total. The highest BCUT2D eigenvalue weighted by Gasteiger charge is 2.31. The van der Waals surface area contributed by atoms with Crippen LogP contribution in [0.25, 0.3) is 0 Å². The molecule has 0 unspecified atom stereocenters. The largest absolute Gasteiger partial charge is 0.496 e. The first-order chi connectivity index (χ1) is 9.95. The van der Waals surface area contributed by atoms with Crippen LogP contribution in [0.15, 0.2) is 18.2 Å². The quantitative estimate of drug-likeness (QED) is 0.666. The van der Waals surface area contributed by atoms with Gasteiger partial charge >= 0.3 is 0 Å². The van der Waals surface area contributed by atoms with Gasteiger partial charge in [0, 0.05) is 11.6 Å². The summed E-state index contributed by atoms with van der Waals surface area (Å²) in [4.78, 5) is 10.6. The molecule has 0 saturated heterocycles. The van der Waals surface area contributed by atoms with Crippen molar-refractivity contribution in [1.82, 2.24) is 0 Å². The van der Waals surface area contributed by atoms with Gasteiger partial charge < -0.3 is 10.5 Å². The number of nitrogens with zero attached hydrogens (tertiary/aromatic N) is 1. The van der Waals surface area contributed by atoms with Crippen molar-refractivity contribution in [2.45, 2.75) is 51.0 Å². The summed E-state index contributed by atoms with van der Waals surface area (Å²) in [5, 5.41) is 11.0. The lowest BCUT2D eigenvalue weighted by molar-refractivity contribution is -0.385. The number of methoxy groups -OCH3 is 1. The number of rotatable bonds is 5. The van der Waals surface area contributed by atoms with E-state index in [1.54, 1.807) is 6.07 Å². The Hall–Kier alpha value is -1.62. The second kappa shape index (κ2) is 6.43. The summed E-state index contributed by atoms with van der Waals surface area (Å²) in [6, 6.07) is 4.91. The van der Waals surface area contributed by atoms with E-state index in [2.05, 4.69) is 6.92 Å². The number of hydrogen-bond donors (Lipinski definition) is 1. The molecule has 0 bridgehead atoms. The van der Waals surface area contributed by atoms with Gasteiger partial charge in [0.2, 0.25) is 0 Å². The highest BCUT2D eigenvalue weighted by atomic mass is 16.6. The van der Waals surface area contributed by atoms with Crippen molar-refractivity contribution in [2.24, 2.45) is 11.7 Å². The molecule has 21 heavy (non-hydrogen) atoms. The third-order valence-electron chi connectivity index (χ3n) is 4.63. The summed E-state index contributed by atoms with van der Waals surface area (Å²) in [5.74, 6) is 1.30. The molecule has 1 aromatic carbocycles. The second-order valence-electron chi connectivity index (χ2n) is 6.19. The summed E-state index contributed by atoms with van der Waals surface area (Å²) < 4.78 is 5.16. The first-order valence-corrected chi connectivity index (χ1v) is 7.57. The fourth-order valence-electron chi connectivity index (χ4n) is 3.21. The molecule has 1 aliphatic carbocycles. The lowest BCUT2D eigenvalue weighted by Gasteiger charge is -2.37. The Balaban J connectivity index is 2.15. The van der Waals surface area contributed by atoms with Crippen LogP contribution in [0.5, 0.6) is 5.75 Å². The van der Waals surface area contributed by atoms with Crippen molar-refractivity contribution in [3.8, 4) is 5.75 Å². The van der Waals surface area contributed by atoms with Gasteiger partial charge in [0.05, 0.1) is 18.1 Å². The average Bonchev–Trinajstić information content (AvgIpc) is 2.47. The molecule has 2 rings (SSSR count). The number of nitrogens with two attached hydrogens (primary N) is 1. The molecule has 0 aromatic heterocycles. The molecular weight excluding hydrogens is 268 g/mol. The molecule has 1 aliphatic rings. The highest BCUT2D eigenvalue weighted by molar-refractivity contribution is 5.43. The lowest BCUT2D eigenvalue weighted by Crippen LogP contribution is -2.45. The lowest BCUT2D eigenvalue weighted by atomic mass is 9.73. The van der Waals surface area contributed by atoms with Crippen molar-refractivity contribution in [3.63, 3.8) is 0 Å². The molecular formula is C16H24N2O3. The van der Waals surface area contributed by atoms with Gasteiger partial charge in [0.15, 0.2) is 0 Å². The first kappa shape index (κ1) is 15.8. The monoisotopic (exact) mass is 292 g/mol. The van der Waals surface area contributed by atoms with Crippen LogP contribution < -0.4 is 10.5 Å². The fraction of sp³-hybridized carbons (Fsp3) is 0.625. The van der Waals surface area contributed by atoms with Crippen molar-refractivity contribution in [3.05, 3.63) is 33.9 Å². The summed E-state index contributed by atoms with van der Waals surface area (Å²) >= 11 is 0. The molecule has 1 aromatic rings. The van der Waals surface area contributed by atoms with Crippen LogP contribution in [-0.2, 0) is 6.42 Å². The maximum Gasteiger partial charge on any atom is 0.273 e. The zero-order valence-corrected chi connectivity index (χ0v) is 12.8. The number of hydrogen-bond acceptors (Lipinski definition) is 4. The van der Waals surface area contributed by atoms with Crippen molar-refractivity contribution in [1.29, 1.82) is 0 Å². The standard InChI is InChI=1S/C16H24N2O3/c1-3-12-4-6-16(17,7-5-12)11-13-8-14(18(19)20)10-15(9-13)21-2/h8-10,12H,3-7,11,17H2,1-2H3. The Labute approximate surface area is 125 Å². The van der Waals surface area contributed by atoms with E-state index in [0.717, 1.165) is 37.2 Å². The fourth-order valence-corrected chi connectivity index (χ4v) is 3.21. The van der Waals surface area contributed by atoms with Crippen LogP contribution in [-0.4, -0.2) is 17.6 Å². The maximum atomic E-state index is 11.0. The van der Waals surface area contributed by atoms with Gasteiger partial charge in [-0.3, -0.25) is 10.1 Å². The molecule has 0 aliphatic heterocycles. The topological polar surface area (TPSA) is 78.4 Å². The van der Waals surface area contributed by atoms with Crippen molar-refractivity contribution in [2.75, 3.05) is 7.11 Å². The van der Waals surface area contributed by atoms with Gasteiger partial charge in [-0.1, -0.05) is 13.3 Å². The Morgan fingerprint density at radius 2 is 2.05 bits per heavy atom. The molecule has 1 fully saturated rings. The minimum atomic E-state index is -0.386. The minimum absolute atomic E-state index is 0.0650. The summed E-state index contributed by atoms with van der Waals surface area (Å²) in [6.07, 6.45) is 6.15. The van der Waals surface area contributed by atoms with Crippen LogP contribution in [0.4, 0.5) is 5.69 Å². The maximum absolute atomic E-state index is 11.0. The predicted molar refractivity (Wildman–Crippen MR) is 82.5 cm³/mol. The number of nitro benzene ring substituents is 1. The van der Waals surface area contributed by atoms with E-state index in [1.165, 1.54) is 19.6 Å². The molecule has 116 valence electrons. The molecule has 0 radical (unpaired) electrons. The van der Waals surface area contributed by atoms with E-state index in [9.17, 15) is 10.1 Å². The molecule has 0 heterocycles. The Morgan fingerprint density at radius 1 is 1.38 bits per heavy atom. The molecule has 5 heteroatoms. The van der Waals surface area contributed by atoms with Crippen LogP contribution in [0, 0.1) is 16.0 Å². The molecule has 0 atom stereocenters. The summed E-state index contributed by atoms with van der Waals surface area (Å²) in [5.41, 5.74) is 7.22. The number of non-ortho nitro benzene ring substituents is 1. The van der Waals surface area contributed by atoms with Crippen molar-refractivity contribution < 1.29 is 9.66 Å². The predicted octanol–water partition coefficient (Wildman–Crippen LogP) is 3.44. The smallest absolute Gasteiger partial charge is 0.273 e. The van der Waals surface area contributed by atoms with Crippen LogP contribution in [0.2, 0.25) is 0 Å². The van der Waals surface area contributed by atoms with Gasteiger partial charge in [-0.25, -0.2) is 0 Å². The summed E-state index contributed by atoms with van der Waals surface area (Å²) in [6.45, 7) is 2.22.